The van der Waals surface area contributed by atoms with Crippen molar-refractivity contribution in [2.45, 2.75) is 24.6 Å². The number of aliphatic hydroxyl groups excluding tert-OH is 2. The van der Waals surface area contributed by atoms with Crippen molar-refractivity contribution < 1.29 is 36.6 Å². The molecule has 26 heavy (non-hydrogen) atoms. The van der Waals surface area contributed by atoms with Gasteiger partial charge in [-0.15, -0.1) is 0 Å². The lowest BCUT2D eigenvalue weighted by Crippen LogP contribution is -2.21. The fourth-order valence-electron chi connectivity index (χ4n) is 2.93. The molecule has 2 N–H and O–H groups in total. The minimum absolute atomic E-state index is 0.0355. The summed E-state index contributed by atoms with van der Waals surface area (Å²) in [6.45, 7) is 0. The summed E-state index contributed by atoms with van der Waals surface area (Å²) in [6, 6.07) is 10.3. The van der Waals surface area contributed by atoms with E-state index in [4.69, 9.17) is 0 Å². The molecule has 0 unspecified atom stereocenters. The molecule has 0 spiro atoms. The number of fused-ring (bicyclic) bond motifs is 2. The Morgan fingerprint density at radius 2 is 1.00 bits per heavy atom. The molecule has 2 nitrogen and oxygen atoms in total. The van der Waals surface area contributed by atoms with E-state index in [-0.39, 0.29) is 10.8 Å². The highest BCUT2D eigenvalue weighted by atomic mass is 19.4. The molecule has 3 aromatic rings. The monoisotopic (exact) mass is 374 g/mol. The van der Waals surface area contributed by atoms with Crippen molar-refractivity contribution >= 4 is 21.5 Å². The molecule has 2 atom stereocenters. The van der Waals surface area contributed by atoms with E-state index in [2.05, 4.69) is 0 Å². The van der Waals surface area contributed by atoms with Crippen LogP contribution < -0.4 is 0 Å². The molecule has 0 bridgehead atoms. The largest absolute Gasteiger partial charge is 0.418 e. The standard InChI is InChI=1S/C18H12F6O2/c19-17(20,21)15(25)11-5-1-3-9-7-10-4-2-6-12(14(10)8-13(9)11)16(26)18(22,23)24/h1-8,15-16,25-26H/t15-,16-/m0/s1. The SMILES string of the molecule is O[C@@H](c1cccc2cc3cccc([C@H](O)C(F)(F)F)c3cc12)C(F)(F)F. The van der Waals surface area contributed by atoms with Crippen LogP contribution in [-0.4, -0.2) is 22.6 Å². The van der Waals surface area contributed by atoms with Crippen LogP contribution in [0, 0.1) is 0 Å². The van der Waals surface area contributed by atoms with Crippen LogP contribution in [0.2, 0.25) is 0 Å². The Bertz CT molecular complexity index is 886. The van der Waals surface area contributed by atoms with Crippen LogP contribution in [0.1, 0.15) is 23.3 Å². The van der Waals surface area contributed by atoms with Gasteiger partial charge in [0.2, 0.25) is 0 Å². The number of alkyl halides is 6. The van der Waals surface area contributed by atoms with Crippen LogP contribution in [0.5, 0.6) is 0 Å². The summed E-state index contributed by atoms with van der Waals surface area (Å²) < 4.78 is 77.4. The van der Waals surface area contributed by atoms with E-state index in [1.165, 1.54) is 30.3 Å². The van der Waals surface area contributed by atoms with E-state index in [9.17, 15) is 36.6 Å². The van der Waals surface area contributed by atoms with Gasteiger partial charge in [0.1, 0.15) is 0 Å². The van der Waals surface area contributed by atoms with Crippen molar-refractivity contribution in [3.05, 3.63) is 59.7 Å². The third-order valence-corrected chi connectivity index (χ3v) is 4.16. The Labute approximate surface area is 143 Å². The first-order chi connectivity index (χ1) is 12.0. The zero-order valence-electron chi connectivity index (χ0n) is 12.9. The molecule has 0 saturated heterocycles. The van der Waals surface area contributed by atoms with Gasteiger partial charge in [0, 0.05) is 0 Å². The number of rotatable bonds is 2. The molecule has 0 radical (unpaired) electrons. The molecule has 3 rings (SSSR count). The van der Waals surface area contributed by atoms with Gasteiger partial charge in [-0.1, -0.05) is 36.4 Å². The summed E-state index contributed by atoms with van der Waals surface area (Å²) in [5.41, 5.74) is -0.929. The molecule has 0 aliphatic heterocycles. The lowest BCUT2D eigenvalue weighted by Gasteiger charge is -2.19. The van der Waals surface area contributed by atoms with Crippen molar-refractivity contribution in [1.29, 1.82) is 0 Å². The molecule has 3 aromatic carbocycles. The maximum atomic E-state index is 12.9. The molecular formula is C18H12F6O2. The maximum Gasteiger partial charge on any atom is 0.418 e. The van der Waals surface area contributed by atoms with Crippen LogP contribution in [0.25, 0.3) is 21.5 Å². The van der Waals surface area contributed by atoms with Gasteiger partial charge in [-0.3, -0.25) is 0 Å². The van der Waals surface area contributed by atoms with Gasteiger partial charge >= 0.3 is 12.4 Å². The molecule has 0 heterocycles. The predicted octanol–water partition coefficient (Wildman–Crippen LogP) is 5.18. The fraction of sp³-hybridized carbons (Fsp3) is 0.222. The number of hydrogen-bond donors (Lipinski definition) is 2. The Hall–Kier alpha value is -2.32. The van der Waals surface area contributed by atoms with Gasteiger partial charge < -0.3 is 10.2 Å². The van der Waals surface area contributed by atoms with E-state index in [0.717, 1.165) is 18.2 Å². The van der Waals surface area contributed by atoms with E-state index in [0.29, 0.717) is 10.8 Å². The molecule has 0 saturated carbocycles. The summed E-state index contributed by atoms with van der Waals surface area (Å²) in [5, 5.41) is 19.8. The number of benzene rings is 3. The van der Waals surface area contributed by atoms with Crippen molar-refractivity contribution in [1.82, 2.24) is 0 Å². The highest BCUT2D eigenvalue weighted by Crippen LogP contribution is 2.40. The van der Waals surface area contributed by atoms with Crippen LogP contribution >= 0.6 is 0 Å². The quantitative estimate of drug-likeness (QED) is 0.479. The van der Waals surface area contributed by atoms with Gasteiger partial charge in [-0.05, 0) is 44.8 Å². The first-order valence-corrected chi connectivity index (χ1v) is 7.45. The smallest absolute Gasteiger partial charge is 0.379 e. The minimum atomic E-state index is -4.92. The number of halogens is 6. The highest BCUT2D eigenvalue weighted by Gasteiger charge is 2.41. The van der Waals surface area contributed by atoms with E-state index in [1.807, 2.05) is 0 Å². The van der Waals surface area contributed by atoms with Crippen LogP contribution in [0.15, 0.2) is 48.5 Å². The van der Waals surface area contributed by atoms with E-state index >= 15 is 0 Å². The summed E-state index contributed by atoms with van der Waals surface area (Å²) in [7, 11) is 0. The second-order valence-corrected chi connectivity index (χ2v) is 5.88. The molecular weight excluding hydrogens is 362 g/mol. The van der Waals surface area contributed by atoms with Gasteiger partial charge in [0.25, 0.3) is 0 Å². The fourth-order valence-corrected chi connectivity index (χ4v) is 2.93. The second kappa shape index (κ2) is 6.14. The summed E-state index contributed by atoms with van der Waals surface area (Å²) in [6.07, 6.45) is -15.4. The number of hydrogen-bond acceptors (Lipinski definition) is 2. The Morgan fingerprint density at radius 1 is 0.615 bits per heavy atom. The van der Waals surface area contributed by atoms with Gasteiger partial charge in [-0.2, -0.15) is 26.3 Å². The third kappa shape index (κ3) is 3.22. The lowest BCUT2D eigenvalue weighted by molar-refractivity contribution is -0.206. The Kier molecular flexibility index (Phi) is 4.36. The molecule has 8 heteroatoms. The van der Waals surface area contributed by atoms with Gasteiger partial charge in [0.05, 0.1) is 0 Å². The van der Waals surface area contributed by atoms with Crippen molar-refractivity contribution in [3.8, 4) is 0 Å². The molecule has 0 fully saturated rings. The van der Waals surface area contributed by atoms with Crippen LogP contribution in [0.3, 0.4) is 0 Å². The molecule has 0 amide bonds. The van der Waals surface area contributed by atoms with Gasteiger partial charge in [-0.25, -0.2) is 0 Å². The summed E-state index contributed by atoms with van der Waals surface area (Å²) in [4.78, 5) is 0. The first kappa shape index (κ1) is 18.5. The molecule has 138 valence electrons. The van der Waals surface area contributed by atoms with Crippen molar-refractivity contribution in [2.24, 2.45) is 0 Å². The number of aliphatic hydroxyl groups is 2. The Morgan fingerprint density at radius 3 is 1.35 bits per heavy atom. The molecule has 0 aromatic heterocycles. The average molecular weight is 374 g/mol. The average Bonchev–Trinajstić information content (AvgIpc) is 2.56. The van der Waals surface area contributed by atoms with Crippen molar-refractivity contribution in [3.63, 3.8) is 0 Å². The normalized spacial score (nSPS) is 15.4. The lowest BCUT2D eigenvalue weighted by atomic mass is 9.93. The maximum absolute atomic E-state index is 12.9. The Balaban J connectivity index is 2.31. The summed E-state index contributed by atoms with van der Waals surface area (Å²) >= 11 is 0. The first-order valence-electron chi connectivity index (χ1n) is 7.45. The predicted molar refractivity (Wildman–Crippen MR) is 83.5 cm³/mol. The van der Waals surface area contributed by atoms with Crippen molar-refractivity contribution in [2.75, 3.05) is 0 Å². The molecule has 0 aliphatic rings. The zero-order valence-corrected chi connectivity index (χ0v) is 12.9. The minimum Gasteiger partial charge on any atom is -0.379 e. The highest BCUT2D eigenvalue weighted by molar-refractivity contribution is 6.01. The van der Waals surface area contributed by atoms with Crippen LogP contribution in [-0.2, 0) is 0 Å². The summed E-state index contributed by atoms with van der Waals surface area (Å²) in [5.74, 6) is 0. The second-order valence-electron chi connectivity index (χ2n) is 5.88. The zero-order chi connectivity index (χ0) is 19.3. The van der Waals surface area contributed by atoms with Gasteiger partial charge in [0.15, 0.2) is 12.2 Å². The van der Waals surface area contributed by atoms with E-state index < -0.39 is 35.7 Å². The third-order valence-electron chi connectivity index (χ3n) is 4.16. The van der Waals surface area contributed by atoms with Crippen LogP contribution in [0.4, 0.5) is 26.3 Å². The van der Waals surface area contributed by atoms with E-state index in [1.54, 1.807) is 0 Å². The topological polar surface area (TPSA) is 40.5 Å². The molecule has 0 aliphatic carbocycles.